The van der Waals surface area contributed by atoms with Crippen molar-refractivity contribution in [3.05, 3.63) is 218 Å². The Labute approximate surface area is 357 Å². The fourth-order valence-electron chi connectivity index (χ4n) is 9.96. The van der Waals surface area contributed by atoms with Crippen molar-refractivity contribution in [2.45, 2.75) is 0 Å². The highest BCUT2D eigenvalue weighted by molar-refractivity contribution is 6.25. The molecule has 0 fully saturated rings. The average molecular weight is 789 g/mol. The van der Waals surface area contributed by atoms with Crippen molar-refractivity contribution in [3.63, 3.8) is 0 Å². The molecule has 2 heterocycles. The molecule has 0 aliphatic carbocycles. The van der Waals surface area contributed by atoms with Crippen molar-refractivity contribution in [1.82, 2.24) is 0 Å². The Bertz CT molecular complexity index is 3900. The molecule has 0 saturated heterocycles. The van der Waals surface area contributed by atoms with Crippen LogP contribution in [0.2, 0.25) is 0 Å². The number of rotatable bonds is 5. The van der Waals surface area contributed by atoms with Gasteiger partial charge in [0.2, 0.25) is 0 Å². The van der Waals surface area contributed by atoms with E-state index in [-0.39, 0.29) is 0 Å². The maximum atomic E-state index is 6.47. The normalized spacial score (nSPS) is 11.9. The van der Waals surface area contributed by atoms with E-state index in [2.05, 4.69) is 206 Å². The van der Waals surface area contributed by atoms with Crippen LogP contribution in [0, 0.1) is 0 Å². The minimum atomic E-state index is 0.830. The summed E-state index contributed by atoms with van der Waals surface area (Å²) in [5.41, 5.74) is 15.4. The summed E-state index contributed by atoms with van der Waals surface area (Å²) in [5, 5.41) is 11.7. The monoisotopic (exact) mass is 788 g/mol. The van der Waals surface area contributed by atoms with E-state index in [4.69, 9.17) is 8.83 Å². The lowest BCUT2D eigenvalue weighted by atomic mass is 9.83. The first kappa shape index (κ1) is 34.6. The molecule has 2 aromatic heterocycles. The highest BCUT2D eigenvalue weighted by atomic mass is 16.3. The molecule has 11 aromatic carbocycles. The van der Waals surface area contributed by atoms with Crippen LogP contribution in [0.1, 0.15) is 0 Å². The Morgan fingerprint density at radius 1 is 0.242 bits per heavy atom. The van der Waals surface area contributed by atoms with Crippen molar-refractivity contribution >= 4 is 76.2 Å². The van der Waals surface area contributed by atoms with E-state index >= 15 is 0 Å². The summed E-state index contributed by atoms with van der Waals surface area (Å²) >= 11 is 0. The van der Waals surface area contributed by atoms with Crippen LogP contribution in [-0.2, 0) is 0 Å². The van der Waals surface area contributed by atoms with Crippen molar-refractivity contribution in [1.29, 1.82) is 0 Å². The molecule has 2 nitrogen and oxygen atoms in total. The van der Waals surface area contributed by atoms with Crippen LogP contribution in [0.5, 0.6) is 0 Å². The van der Waals surface area contributed by atoms with E-state index in [9.17, 15) is 0 Å². The van der Waals surface area contributed by atoms with Crippen LogP contribution >= 0.6 is 0 Å². The molecule has 0 saturated carbocycles. The summed E-state index contributed by atoms with van der Waals surface area (Å²) in [6.45, 7) is 0. The molecule has 0 aliphatic heterocycles. The minimum absolute atomic E-state index is 0.830. The summed E-state index contributed by atoms with van der Waals surface area (Å²) in [6.07, 6.45) is 0. The predicted octanol–water partition coefficient (Wildman–Crippen LogP) is 17.3. The zero-order valence-electron chi connectivity index (χ0n) is 33.6. The lowest BCUT2D eigenvalue weighted by Gasteiger charge is -2.20. The zero-order chi connectivity index (χ0) is 40.7. The molecular weight excluding hydrogens is 753 g/mol. The molecule has 13 rings (SSSR count). The molecule has 288 valence electrons. The summed E-state index contributed by atoms with van der Waals surface area (Å²) in [6, 6.07) is 79.0. The first-order chi connectivity index (χ1) is 30.7. The lowest BCUT2D eigenvalue weighted by Crippen LogP contribution is -1.93. The third kappa shape index (κ3) is 5.37. The molecule has 2 heteroatoms. The van der Waals surface area contributed by atoms with E-state index in [1.807, 2.05) is 12.1 Å². The highest BCUT2D eigenvalue weighted by Crippen LogP contribution is 2.47. The van der Waals surface area contributed by atoms with Gasteiger partial charge in [0.15, 0.2) is 0 Å². The second-order valence-corrected chi connectivity index (χ2v) is 16.3. The Kier molecular flexibility index (Phi) is 7.64. The first-order valence-electron chi connectivity index (χ1n) is 21.2. The van der Waals surface area contributed by atoms with Crippen LogP contribution in [-0.4, -0.2) is 0 Å². The van der Waals surface area contributed by atoms with E-state index < -0.39 is 0 Å². The number of furan rings is 2. The quantitative estimate of drug-likeness (QED) is 0.162. The minimum Gasteiger partial charge on any atom is -0.456 e. The number of benzene rings is 11. The van der Waals surface area contributed by atoms with Crippen LogP contribution < -0.4 is 0 Å². The Balaban J connectivity index is 1.01. The molecule has 0 radical (unpaired) electrons. The smallest absolute Gasteiger partial charge is 0.147 e. The lowest BCUT2D eigenvalue weighted by molar-refractivity contribution is 0.663. The van der Waals surface area contributed by atoms with Crippen molar-refractivity contribution in [2.24, 2.45) is 0 Å². The van der Waals surface area contributed by atoms with Crippen LogP contribution in [0.15, 0.2) is 227 Å². The van der Waals surface area contributed by atoms with Gasteiger partial charge in [0.1, 0.15) is 22.3 Å². The molecule has 62 heavy (non-hydrogen) atoms. The molecule has 0 amide bonds. The number of hydrogen-bond donors (Lipinski definition) is 0. The standard InChI is InChI=1S/C60H36O2/c1-2-12-37(13-3-1)41-16-10-17-42(34-41)44-28-30-50-52(35-44)57(48-20-6-7-21-49(48)58(50)47-22-11-15-39-14-4-5-18-45(39)47)40-26-24-38(25-27-40)43-29-32-55-53(36-43)59-56(61-55)33-31-51-46-19-8-9-23-54(46)62-60(51)59/h1-36H. The maximum Gasteiger partial charge on any atom is 0.147 e. The van der Waals surface area contributed by atoms with Gasteiger partial charge in [-0.15, -0.1) is 0 Å². The third-order valence-electron chi connectivity index (χ3n) is 12.9. The molecule has 0 aliphatic rings. The van der Waals surface area contributed by atoms with Gasteiger partial charge in [-0.1, -0.05) is 176 Å². The van der Waals surface area contributed by atoms with Crippen LogP contribution in [0.3, 0.4) is 0 Å². The van der Waals surface area contributed by atoms with Crippen molar-refractivity contribution < 1.29 is 8.83 Å². The molecule has 0 atom stereocenters. The highest BCUT2D eigenvalue weighted by Gasteiger charge is 2.20. The first-order valence-corrected chi connectivity index (χ1v) is 21.2. The topological polar surface area (TPSA) is 26.3 Å². The largest absolute Gasteiger partial charge is 0.456 e. The van der Waals surface area contributed by atoms with Crippen molar-refractivity contribution in [2.75, 3.05) is 0 Å². The van der Waals surface area contributed by atoms with E-state index in [1.54, 1.807) is 0 Å². The number of para-hydroxylation sites is 1. The second-order valence-electron chi connectivity index (χ2n) is 16.3. The fraction of sp³-hybridized carbons (Fsp3) is 0. The summed E-state index contributed by atoms with van der Waals surface area (Å²) in [4.78, 5) is 0. The van der Waals surface area contributed by atoms with E-state index in [0.29, 0.717) is 0 Å². The van der Waals surface area contributed by atoms with Gasteiger partial charge in [0, 0.05) is 16.2 Å². The third-order valence-corrected chi connectivity index (χ3v) is 12.9. The molecular formula is C60H36O2. The van der Waals surface area contributed by atoms with Gasteiger partial charge in [-0.25, -0.2) is 0 Å². The summed E-state index contributed by atoms with van der Waals surface area (Å²) in [5.74, 6) is 0. The number of hydrogen-bond acceptors (Lipinski definition) is 2. The summed E-state index contributed by atoms with van der Waals surface area (Å²) < 4.78 is 12.9. The Hall–Kier alpha value is -8.20. The van der Waals surface area contributed by atoms with Gasteiger partial charge in [0.05, 0.1) is 5.39 Å². The van der Waals surface area contributed by atoms with Crippen LogP contribution in [0.25, 0.3) is 132 Å². The van der Waals surface area contributed by atoms with Gasteiger partial charge in [-0.3, -0.25) is 0 Å². The SMILES string of the molecule is c1ccc(-c2cccc(-c3ccc4c(-c5cccc6ccccc56)c5ccccc5c(-c5ccc(-c6ccc7oc8ccc9c%10ccccc%10oc9c8c7c6)cc5)c4c3)c2)cc1. The molecule has 0 N–H and O–H groups in total. The van der Waals surface area contributed by atoms with E-state index in [1.165, 1.54) is 76.8 Å². The second kappa shape index (κ2) is 13.7. The zero-order valence-corrected chi connectivity index (χ0v) is 33.6. The number of fused-ring (bicyclic) bond motifs is 10. The van der Waals surface area contributed by atoms with Crippen LogP contribution in [0.4, 0.5) is 0 Å². The van der Waals surface area contributed by atoms with Gasteiger partial charge < -0.3 is 8.83 Å². The average Bonchev–Trinajstić information content (AvgIpc) is 3.91. The summed E-state index contributed by atoms with van der Waals surface area (Å²) in [7, 11) is 0. The Morgan fingerprint density at radius 2 is 0.758 bits per heavy atom. The maximum absolute atomic E-state index is 6.47. The molecule has 13 aromatic rings. The van der Waals surface area contributed by atoms with Crippen molar-refractivity contribution in [3.8, 4) is 55.6 Å². The van der Waals surface area contributed by atoms with Gasteiger partial charge in [-0.05, 0) is 130 Å². The predicted molar refractivity (Wildman–Crippen MR) is 261 cm³/mol. The molecule has 0 bridgehead atoms. The van der Waals surface area contributed by atoms with Gasteiger partial charge in [-0.2, -0.15) is 0 Å². The molecule has 0 unspecified atom stereocenters. The van der Waals surface area contributed by atoms with Gasteiger partial charge in [0.25, 0.3) is 0 Å². The molecule has 0 spiro atoms. The Morgan fingerprint density at radius 3 is 1.61 bits per heavy atom. The van der Waals surface area contributed by atoms with Gasteiger partial charge >= 0.3 is 0 Å². The fourth-order valence-corrected chi connectivity index (χ4v) is 9.96. The van der Waals surface area contributed by atoms with E-state index in [0.717, 1.165) is 55.0 Å².